The predicted molar refractivity (Wildman–Crippen MR) is 60.6 cm³/mol. The summed E-state index contributed by atoms with van der Waals surface area (Å²) in [7, 11) is 1.92. The summed E-state index contributed by atoms with van der Waals surface area (Å²) in [6, 6.07) is 0. The minimum absolute atomic E-state index is 0.533. The number of fused-ring (bicyclic) bond motifs is 1. The van der Waals surface area contributed by atoms with Gasteiger partial charge in [0.2, 0.25) is 0 Å². The van der Waals surface area contributed by atoms with E-state index in [1.165, 1.54) is 12.8 Å². The van der Waals surface area contributed by atoms with Crippen molar-refractivity contribution >= 4 is 17.3 Å². The molecular formula is C12H13N3O. The third-order valence-corrected chi connectivity index (χ3v) is 3.08. The molecular weight excluding hydrogens is 202 g/mol. The third kappa shape index (κ3) is 1.26. The first kappa shape index (κ1) is 9.51. The molecule has 0 radical (unpaired) electrons. The lowest BCUT2D eigenvalue weighted by atomic mass is 10.1. The van der Waals surface area contributed by atoms with E-state index in [-0.39, 0.29) is 0 Å². The Morgan fingerprint density at radius 1 is 1.44 bits per heavy atom. The molecule has 0 atom stereocenters. The SMILES string of the molecule is Cc1nc(C2CC2)c2c(C=O)cn(C)c2n1. The molecule has 2 aromatic heterocycles. The molecule has 82 valence electrons. The van der Waals surface area contributed by atoms with Gasteiger partial charge in [-0.1, -0.05) is 0 Å². The largest absolute Gasteiger partial charge is 0.335 e. The topological polar surface area (TPSA) is 47.8 Å². The fourth-order valence-electron chi connectivity index (χ4n) is 2.19. The zero-order chi connectivity index (χ0) is 11.3. The second kappa shape index (κ2) is 3.14. The lowest BCUT2D eigenvalue weighted by Crippen LogP contribution is -1.98. The van der Waals surface area contributed by atoms with Gasteiger partial charge >= 0.3 is 0 Å². The summed E-state index contributed by atoms with van der Waals surface area (Å²) in [5.41, 5.74) is 2.64. The number of aryl methyl sites for hydroxylation is 2. The molecule has 0 amide bonds. The minimum Gasteiger partial charge on any atom is -0.335 e. The maximum Gasteiger partial charge on any atom is 0.152 e. The van der Waals surface area contributed by atoms with Crippen LogP contribution in [0.2, 0.25) is 0 Å². The molecule has 0 unspecified atom stereocenters. The van der Waals surface area contributed by atoms with Gasteiger partial charge in [-0.05, 0) is 19.8 Å². The van der Waals surface area contributed by atoms with Gasteiger partial charge in [-0.25, -0.2) is 9.97 Å². The van der Waals surface area contributed by atoms with Gasteiger partial charge in [0.25, 0.3) is 0 Å². The Hall–Kier alpha value is -1.71. The van der Waals surface area contributed by atoms with E-state index in [2.05, 4.69) is 9.97 Å². The highest BCUT2D eigenvalue weighted by atomic mass is 16.1. The molecule has 1 saturated carbocycles. The summed E-state index contributed by atoms with van der Waals surface area (Å²) < 4.78 is 1.90. The van der Waals surface area contributed by atoms with Crippen molar-refractivity contribution in [3.63, 3.8) is 0 Å². The van der Waals surface area contributed by atoms with Crippen LogP contribution < -0.4 is 0 Å². The fraction of sp³-hybridized carbons (Fsp3) is 0.417. The summed E-state index contributed by atoms with van der Waals surface area (Å²) in [5.74, 6) is 1.32. The van der Waals surface area contributed by atoms with Gasteiger partial charge in [0, 0.05) is 24.7 Å². The number of carbonyl (C=O) groups excluding carboxylic acids is 1. The van der Waals surface area contributed by atoms with Crippen LogP contribution in [-0.4, -0.2) is 20.8 Å². The molecule has 0 N–H and O–H groups in total. The zero-order valence-corrected chi connectivity index (χ0v) is 9.40. The van der Waals surface area contributed by atoms with Crippen molar-refractivity contribution < 1.29 is 4.79 Å². The van der Waals surface area contributed by atoms with Crippen LogP contribution in [0.15, 0.2) is 6.20 Å². The average Bonchev–Trinajstić information content (AvgIpc) is 3.04. The molecule has 0 aromatic carbocycles. The van der Waals surface area contributed by atoms with Gasteiger partial charge in [-0.15, -0.1) is 0 Å². The van der Waals surface area contributed by atoms with E-state index in [4.69, 9.17) is 0 Å². The molecule has 0 saturated heterocycles. The van der Waals surface area contributed by atoms with Gasteiger partial charge in [-0.3, -0.25) is 4.79 Å². The normalized spacial score (nSPS) is 15.6. The Morgan fingerprint density at radius 3 is 2.81 bits per heavy atom. The first-order valence-corrected chi connectivity index (χ1v) is 5.49. The van der Waals surface area contributed by atoms with Crippen molar-refractivity contribution in [2.45, 2.75) is 25.7 Å². The van der Waals surface area contributed by atoms with Crippen LogP contribution in [0.25, 0.3) is 11.0 Å². The van der Waals surface area contributed by atoms with E-state index >= 15 is 0 Å². The first-order valence-electron chi connectivity index (χ1n) is 5.49. The van der Waals surface area contributed by atoms with Crippen LogP contribution in [0.3, 0.4) is 0 Å². The minimum atomic E-state index is 0.533. The lowest BCUT2D eigenvalue weighted by molar-refractivity contribution is 0.112. The standard InChI is InChI=1S/C12H13N3O/c1-7-13-11(8-3-4-8)10-9(6-16)5-15(2)12(10)14-7/h5-6,8H,3-4H2,1-2H3. The van der Waals surface area contributed by atoms with Gasteiger partial charge in [0.1, 0.15) is 11.5 Å². The summed E-state index contributed by atoms with van der Waals surface area (Å²) in [6.07, 6.45) is 5.09. The van der Waals surface area contributed by atoms with Crippen LogP contribution in [-0.2, 0) is 7.05 Å². The molecule has 0 bridgehead atoms. The van der Waals surface area contributed by atoms with Crippen molar-refractivity contribution in [1.29, 1.82) is 0 Å². The Balaban J connectivity index is 2.41. The van der Waals surface area contributed by atoms with Crippen LogP contribution in [0, 0.1) is 6.92 Å². The van der Waals surface area contributed by atoms with Gasteiger partial charge in [-0.2, -0.15) is 0 Å². The monoisotopic (exact) mass is 215 g/mol. The summed E-state index contributed by atoms with van der Waals surface area (Å²) in [6.45, 7) is 1.90. The summed E-state index contributed by atoms with van der Waals surface area (Å²) in [5, 5.41) is 0.950. The molecule has 1 aliphatic rings. The third-order valence-electron chi connectivity index (χ3n) is 3.08. The molecule has 1 fully saturated rings. The maximum absolute atomic E-state index is 11.0. The van der Waals surface area contributed by atoms with Crippen LogP contribution in [0.1, 0.15) is 40.6 Å². The van der Waals surface area contributed by atoms with Gasteiger partial charge in [0.05, 0.1) is 11.1 Å². The first-order chi connectivity index (χ1) is 7.70. The maximum atomic E-state index is 11.0. The van der Waals surface area contributed by atoms with E-state index in [1.807, 2.05) is 24.7 Å². The van der Waals surface area contributed by atoms with Gasteiger partial charge < -0.3 is 4.57 Å². The highest BCUT2D eigenvalue weighted by Crippen LogP contribution is 2.42. The molecule has 0 aliphatic heterocycles. The lowest BCUT2D eigenvalue weighted by Gasteiger charge is -2.03. The highest BCUT2D eigenvalue weighted by molar-refractivity contribution is 5.97. The Labute approximate surface area is 93.3 Å². The molecule has 2 heterocycles. The van der Waals surface area contributed by atoms with E-state index in [1.54, 1.807) is 0 Å². The van der Waals surface area contributed by atoms with Gasteiger partial charge in [0.15, 0.2) is 6.29 Å². The molecule has 0 spiro atoms. The fourth-order valence-corrected chi connectivity index (χ4v) is 2.19. The second-order valence-electron chi connectivity index (χ2n) is 4.44. The molecule has 2 aromatic rings. The average molecular weight is 215 g/mol. The quantitative estimate of drug-likeness (QED) is 0.719. The number of aldehydes is 1. The smallest absolute Gasteiger partial charge is 0.152 e. The van der Waals surface area contributed by atoms with Crippen LogP contribution in [0.4, 0.5) is 0 Å². The molecule has 3 rings (SSSR count). The van der Waals surface area contributed by atoms with E-state index in [0.29, 0.717) is 11.5 Å². The van der Waals surface area contributed by atoms with E-state index in [0.717, 1.165) is 28.8 Å². The Morgan fingerprint density at radius 2 is 2.19 bits per heavy atom. The van der Waals surface area contributed by atoms with Crippen molar-refractivity contribution in [3.05, 3.63) is 23.3 Å². The highest BCUT2D eigenvalue weighted by Gasteiger charge is 2.29. The van der Waals surface area contributed by atoms with Crippen molar-refractivity contribution in [1.82, 2.24) is 14.5 Å². The van der Waals surface area contributed by atoms with Crippen molar-refractivity contribution in [2.24, 2.45) is 7.05 Å². The van der Waals surface area contributed by atoms with Crippen molar-refractivity contribution in [3.8, 4) is 0 Å². The second-order valence-corrected chi connectivity index (χ2v) is 4.44. The number of carbonyl (C=O) groups is 1. The zero-order valence-electron chi connectivity index (χ0n) is 9.40. The van der Waals surface area contributed by atoms with E-state index in [9.17, 15) is 4.79 Å². The molecule has 4 nitrogen and oxygen atoms in total. The Bertz CT molecular complexity index is 581. The van der Waals surface area contributed by atoms with E-state index < -0.39 is 0 Å². The number of nitrogens with zero attached hydrogens (tertiary/aromatic N) is 3. The summed E-state index contributed by atoms with van der Waals surface area (Å²) in [4.78, 5) is 20.0. The Kier molecular flexibility index (Phi) is 1.87. The molecule has 16 heavy (non-hydrogen) atoms. The van der Waals surface area contributed by atoms with Crippen LogP contribution >= 0.6 is 0 Å². The predicted octanol–water partition coefficient (Wildman–Crippen LogP) is 1.97. The van der Waals surface area contributed by atoms with Crippen molar-refractivity contribution in [2.75, 3.05) is 0 Å². The number of hydrogen-bond acceptors (Lipinski definition) is 3. The number of hydrogen-bond donors (Lipinski definition) is 0. The summed E-state index contributed by atoms with van der Waals surface area (Å²) >= 11 is 0. The number of rotatable bonds is 2. The van der Waals surface area contributed by atoms with Crippen LogP contribution in [0.5, 0.6) is 0 Å². The molecule has 4 heteroatoms. The number of aromatic nitrogens is 3. The molecule has 1 aliphatic carbocycles.